The molecule has 0 saturated carbocycles. The van der Waals surface area contributed by atoms with Crippen molar-refractivity contribution in [3.05, 3.63) is 39.4 Å². The van der Waals surface area contributed by atoms with Crippen LogP contribution in [0.4, 0.5) is 5.13 Å². The van der Waals surface area contributed by atoms with Gasteiger partial charge in [0.05, 0.1) is 5.69 Å². The number of ether oxygens (including phenoxy) is 1. The van der Waals surface area contributed by atoms with Crippen molar-refractivity contribution in [3.63, 3.8) is 0 Å². The van der Waals surface area contributed by atoms with Gasteiger partial charge >= 0.3 is 0 Å². The van der Waals surface area contributed by atoms with Crippen LogP contribution in [-0.4, -0.2) is 17.0 Å². The second-order valence-electron chi connectivity index (χ2n) is 6.29. The summed E-state index contributed by atoms with van der Waals surface area (Å²) in [4.78, 5) is 18.3. The monoisotopic (exact) mass is 348 g/mol. The number of carbonyl (C=O) groups excluding carboxylic acids is 1. The van der Waals surface area contributed by atoms with E-state index in [0.717, 1.165) is 29.8 Å². The number of amides is 1. The van der Waals surface area contributed by atoms with Crippen molar-refractivity contribution in [1.82, 2.24) is 4.98 Å². The summed E-state index contributed by atoms with van der Waals surface area (Å²) in [5.41, 5.74) is 2.12. The molecular formula is C17H17ClN2O2S. The zero-order valence-corrected chi connectivity index (χ0v) is 14.3. The number of carbonyl (C=O) groups is 1. The van der Waals surface area contributed by atoms with E-state index < -0.39 is 6.10 Å². The van der Waals surface area contributed by atoms with E-state index in [9.17, 15) is 4.79 Å². The van der Waals surface area contributed by atoms with Crippen molar-refractivity contribution in [2.75, 3.05) is 5.32 Å². The molecule has 1 aliphatic carbocycles. The molecule has 0 spiro atoms. The highest BCUT2D eigenvalue weighted by molar-refractivity contribution is 7.15. The van der Waals surface area contributed by atoms with Gasteiger partial charge in [0, 0.05) is 16.3 Å². The van der Waals surface area contributed by atoms with Crippen LogP contribution in [0.3, 0.4) is 0 Å². The molecule has 4 rings (SSSR count). The van der Waals surface area contributed by atoms with Gasteiger partial charge in [-0.1, -0.05) is 18.5 Å². The van der Waals surface area contributed by atoms with E-state index in [4.69, 9.17) is 16.3 Å². The first kappa shape index (κ1) is 15.0. The Morgan fingerprint density at radius 3 is 3.17 bits per heavy atom. The Hall–Kier alpha value is -1.59. The highest BCUT2D eigenvalue weighted by atomic mass is 35.5. The van der Waals surface area contributed by atoms with Crippen molar-refractivity contribution in [1.29, 1.82) is 0 Å². The Bertz CT molecular complexity index is 774. The van der Waals surface area contributed by atoms with E-state index in [0.29, 0.717) is 22.5 Å². The number of anilines is 1. The number of aryl methyl sites for hydroxylation is 1. The van der Waals surface area contributed by atoms with E-state index in [-0.39, 0.29) is 5.91 Å². The molecule has 1 aromatic heterocycles. The summed E-state index contributed by atoms with van der Waals surface area (Å²) in [6.45, 7) is 2.26. The molecule has 1 aliphatic heterocycles. The van der Waals surface area contributed by atoms with E-state index in [1.807, 2.05) is 12.1 Å². The maximum Gasteiger partial charge on any atom is 0.267 e. The third kappa shape index (κ3) is 2.95. The average molecular weight is 349 g/mol. The quantitative estimate of drug-likeness (QED) is 0.896. The normalized spacial score (nSPS) is 22.2. The molecule has 4 nitrogen and oxygen atoms in total. The van der Waals surface area contributed by atoms with Gasteiger partial charge < -0.3 is 4.74 Å². The molecule has 2 heterocycles. The van der Waals surface area contributed by atoms with Crippen molar-refractivity contribution in [3.8, 4) is 5.75 Å². The van der Waals surface area contributed by atoms with Gasteiger partial charge in [-0.2, -0.15) is 0 Å². The Morgan fingerprint density at radius 1 is 1.43 bits per heavy atom. The molecular weight excluding hydrogens is 332 g/mol. The van der Waals surface area contributed by atoms with Gasteiger partial charge in [-0.05, 0) is 48.9 Å². The fourth-order valence-electron chi connectivity index (χ4n) is 3.14. The third-order valence-electron chi connectivity index (χ3n) is 4.41. The lowest BCUT2D eigenvalue weighted by Gasteiger charge is -2.15. The minimum absolute atomic E-state index is 0.142. The molecule has 0 saturated heterocycles. The number of thiazole rings is 1. The molecule has 0 bridgehead atoms. The van der Waals surface area contributed by atoms with Crippen LogP contribution in [0.1, 0.15) is 29.5 Å². The van der Waals surface area contributed by atoms with Gasteiger partial charge in [0.2, 0.25) is 0 Å². The molecule has 2 aliphatic rings. The lowest BCUT2D eigenvalue weighted by molar-refractivity contribution is -0.122. The summed E-state index contributed by atoms with van der Waals surface area (Å²) < 4.78 is 5.72. The smallest absolute Gasteiger partial charge is 0.267 e. The fourth-order valence-corrected chi connectivity index (χ4v) is 4.51. The standard InChI is InChI=1S/C17H17ClN2O2S/c1-9-2-4-12-15(6-9)23-17(19-12)20-16(21)14-8-10-7-11(18)3-5-13(10)22-14/h3,5,7,9,14H,2,4,6,8H2,1H3,(H,19,20,21)/t9-,14-/m1/s1. The molecule has 2 aromatic rings. The summed E-state index contributed by atoms with van der Waals surface area (Å²) in [5.74, 6) is 1.29. The van der Waals surface area contributed by atoms with Gasteiger partial charge in [0.1, 0.15) is 5.75 Å². The fraction of sp³-hybridized carbons (Fsp3) is 0.412. The van der Waals surface area contributed by atoms with Crippen LogP contribution in [0, 0.1) is 5.92 Å². The number of benzene rings is 1. The molecule has 0 radical (unpaired) electrons. The molecule has 2 atom stereocenters. The SMILES string of the molecule is C[C@@H]1CCc2nc(NC(=O)[C@H]3Cc4cc(Cl)ccc4O3)sc2C1. The van der Waals surface area contributed by atoms with Crippen LogP contribution >= 0.6 is 22.9 Å². The average Bonchev–Trinajstić information content (AvgIpc) is 3.09. The summed E-state index contributed by atoms with van der Waals surface area (Å²) in [6, 6.07) is 5.44. The second kappa shape index (κ2) is 5.80. The van der Waals surface area contributed by atoms with E-state index >= 15 is 0 Å². The Balaban J connectivity index is 1.45. The summed E-state index contributed by atoms with van der Waals surface area (Å²) >= 11 is 7.58. The molecule has 0 fully saturated rings. The van der Waals surface area contributed by atoms with Crippen LogP contribution in [0.5, 0.6) is 5.75 Å². The molecule has 1 aromatic carbocycles. The van der Waals surface area contributed by atoms with E-state index in [2.05, 4.69) is 17.2 Å². The van der Waals surface area contributed by atoms with E-state index in [1.165, 1.54) is 11.3 Å². The number of nitrogens with zero attached hydrogens (tertiary/aromatic N) is 1. The van der Waals surface area contributed by atoms with Crippen LogP contribution in [-0.2, 0) is 24.1 Å². The van der Waals surface area contributed by atoms with Crippen molar-refractivity contribution >= 4 is 34.0 Å². The topological polar surface area (TPSA) is 51.2 Å². The largest absolute Gasteiger partial charge is 0.480 e. The zero-order chi connectivity index (χ0) is 16.0. The van der Waals surface area contributed by atoms with Crippen molar-refractivity contribution < 1.29 is 9.53 Å². The number of hydrogen-bond donors (Lipinski definition) is 1. The lowest BCUT2D eigenvalue weighted by atomic mass is 9.93. The van der Waals surface area contributed by atoms with E-state index in [1.54, 1.807) is 17.4 Å². The maximum absolute atomic E-state index is 12.4. The number of halogens is 1. The zero-order valence-electron chi connectivity index (χ0n) is 12.8. The first-order chi connectivity index (χ1) is 11.1. The Kier molecular flexibility index (Phi) is 3.77. The summed E-state index contributed by atoms with van der Waals surface area (Å²) in [6.07, 6.45) is 3.28. The predicted molar refractivity (Wildman–Crippen MR) is 91.5 cm³/mol. The van der Waals surface area contributed by atoms with Crippen LogP contribution < -0.4 is 10.1 Å². The van der Waals surface area contributed by atoms with Gasteiger partial charge in [-0.15, -0.1) is 11.3 Å². The first-order valence-corrected chi connectivity index (χ1v) is 9.02. The first-order valence-electron chi connectivity index (χ1n) is 7.83. The number of aromatic nitrogens is 1. The molecule has 23 heavy (non-hydrogen) atoms. The summed E-state index contributed by atoms with van der Waals surface area (Å²) in [7, 11) is 0. The number of nitrogens with one attached hydrogen (secondary N) is 1. The Labute approximate surface area is 143 Å². The van der Waals surface area contributed by atoms with Gasteiger partial charge in [-0.25, -0.2) is 4.98 Å². The minimum Gasteiger partial charge on any atom is -0.480 e. The van der Waals surface area contributed by atoms with Gasteiger partial charge in [-0.3, -0.25) is 10.1 Å². The van der Waals surface area contributed by atoms with Gasteiger partial charge in [0.25, 0.3) is 5.91 Å². The highest BCUT2D eigenvalue weighted by Gasteiger charge is 2.30. The molecule has 1 N–H and O–H groups in total. The molecule has 120 valence electrons. The molecule has 1 amide bonds. The molecule has 6 heteroatoms. The Morgan fingerprint density at radius 2 is 2.30 bits per heavy atom. The lowest BCUT2D eigenvalue weighted by Crippen LogP contribution is -2.31. The van der Waals surface area contributed by atoms with Crippen LogP contribution in [0.2, 0.25) is 5.02 Å². The highest BCUT2D eigenvalue weighted by Crippen LogP contribution is 2.34. The van der Waals surface area contributed by atoms with Gasteiger partial charge in [0.15, 0.2) is 11.2 Å². The predicted octanol–water partition coefficient (Wildman–Crippen LogP) is 3.86. The molecule has 0 unspecified atom stereocenters. The van der Waals surface area contributed by atoms with Crippen molar-refractivity contribution in [2.24, 2.45) is 5.92 Å². The number of rotatable bonds is 2. The second-order valence-corrected chi connectivity index (χ2v) is 7.81. The minimum atomic E-state index is -0.511. The number of fused-ring (bicyclic) bond motifs is 2. The summed E-state index contributed by atoms with van der Waals surface area (Å²) in [5, 5.41) is 4.26. The maximum atomic E-state index is 12.4. The third-order valence-corrected chi connectivity index (χ3v) is 5.68. The number of hydrogen-bond acceptors (Lipinski definition) is 4. The van der Waals surface area contributed by atoms with Crippen molar-refractivity contribution in [2.45, 2.75) is 38.7 Å². The van der Waals surface area contributed by atoms with Crippen LogP contribution in [0.15, 0.2) is 18.2 Å². The van der Waals surface area contributed by atoms with Crippen LogP contribution in [0.25, 0.3) is 0 Å².